The Kier molecular flexibility index (Phi) is 2.88. The maximum atomic E-state index is 12.1. The molecule has 0 bridgehead atoms. The van der Waals surface area contributed by atoms with Crippen LogP contribution in [0.1, 0.15) is 21.7 Å². The molecule has 0 saturated heterocycles. The summed E-state index contributed by atoms with van der Waals surface area (Å²) in [6.07, 6.45) is 0. The largest absolute Gasteiger partial charge is 0.280 e. The second-order valence-corrected chi connectivity index (χ2v) is 3.78. The number of non-ortho nitro benzene ring substituents is 1. The van der Waals surface area contributed by atoms with Gasteiger partial charge in [-0.05, 0) is 19.9 Å². The second kappa shape index (κ2) is 4.36. The van der Waals surface area contributed by atoms with E-state index < -0.39 is 10.8 Å². The van der Waals surface area contributed by atoms with Crippen LogP contribution in [0, 0.1) is 24.0 Å². The van der Waals surface area contributed by atoms with Gasteiger partial charge in [-0.15, -0.1) is 5.10 Å². The van der Waals surface area contributed by atoms with Crippen molar-refractivity contribution in [3.8, 4) is 0 Å². The number of nitro groups is 1. The van der Waals surface area contributed by atoms with Crippen LogP contribution in [0.4, 0.5) is 5.69 Å². The first-order valence-corrected chi connectivity index (χ1v) is 5.19. The standard InChI is InChI=1S/C11H10N4O3/c1-7-8(2)14(13-12-7)11(16)9-4-3-5-10(6-9)15(17)18/h3-6H,1-2H3. The van der Waals surface area contributed by atoms with Gasteiger partial charge in [0, 0.05) is 17.7 Å². The number of nitro benzene ring substituents is 1. The third kappa shape index (κ3) is 1.97. The Bertz CT molecular complexity index is 633. The summed E-state index contributed by atoms with van der Waals surface area (Å²) in [5, 5.41) is 18.1. The zero-order valence-corrected chi connectivity index (χ0v) is 9.82. The van der Waals surface area contributed by atoms with Gasteiger partial charge in [-0.25, -0.2) is 0 Å². The van der Waals surface area contributed by atoms with Crippen LogP contribution in [0.3, 0.4) is 0 Å². The molecule has 0 aliphatic carbocycles. The van der Waals surface area contributed by atoms with Gasteiger partial charge in [0.15, 0.2) is 0 Å². The summed E-state index contributed by atoms with van der Waals surface area (Å²) >= 11 is 0. The third-order valence-corrected chi connectivity index (χ3v) is 2.62. The number of carbonyl (C=O) groups excluding carboxylic acids is 1. The molecular weight excluding hydrogens is 236 g/mol. The van der Waals surface area contributed by atoms with Gasteiger partial charge in [0.2, 0.25) is 0 Å². The quantitative estimate of drug-likeness (QED) is 0.591. The number of nitrogens with zero attached hydrogens (tertiary/aromatic N) is 4. The predicted octanol–water partition coefficient (Wildman–Crippen LogP) is 1.49. The summed E-state index contributed by atoms with van der Waals surface area (Å²) in [5.74, 6) is -0.434. The summed E-state index contributed by atoms with van der Waals surface area (Å²) in [5.41, 5.74) is 1.34. The van der Waals surface area contributed by atoms with Crippen LogP contribution >= 0.6 is 0 Å². The average Bonchev–Trinajstić information content (AvgIpc) is 2.69. The lowest BCUT2D eigenvalue weighted by molar-refractivity contribution is -0.384. The molecule has 1 aromatic heterocycles. The van der Waals surface area contributed by atoms with Crippen molar-refractivity contribution in [1.29, 1.82) is 0 Å². The minimum Gasteiger partial charge on any atom is -0.267 e. The summed E-state index contributed by atoms with van der Waals surface area (Å²) < 4.78 is 1.13. The van der Waals surface area contributed by atoms with Crippen molar-refractivity contribution >= 4 is 11.6 Å². The maximum absolute atomic E-state index is 12.1. The van der Waals surface area contributed by atoms with Crippen molar-refractivity contribution in [2.45, 2.75) is 13.8 Å². The second-order valence-electron chi connectivity index (χ2n) is 3.78. The maximum Gasteiger partial charge on any atom is 0.280 e. The first-order chi connectivity index (χ1) is 8.50. The molecule has 92 valence electrons. The molecule has 0 radical (unpaired) electrons. The van der Waals surface area contributed by atoms with Crippen LogP contribution < -0.4 is 0 Å². The van der Waals surface area contributed by atoms with Crippen LogP contribution in [-0.4, -0.2) is 25.8 Å². The molecule has 0 N–H and O–H groups in total. The molecule has 0 unspecified atom stereocenters. The molecule has 18 heavy (non-hydrogen) atoms. The van der Waals surface area contributed by atoms with E-state index in [1.165, 1.54) is 24.3 Å². The van der Waals surface area contributed by atoms with Crippen molar-refractivity contribution < 1.29 is 9.72 Å². The molecule has 7 heteroatoms. The normalized spacial score (nSPS) is 10.3. The van der Waals surface area contributed by atoms with Gasteiger partial charge < -0.3 is 0 Å². The van der Waals surface area contributed by atoms with Crippen LogP contribution in [-0.2, 0) is 0 Å². The summed E-state index contributed by atoms with van der Waals surface area (Å²) in [6, 6.07) is 5.52. The topological polar surface area (TPSA) is 90.9 Å². The van der Waals surface area contributed by atoms with Gasteiger partial charge in [-0.3, -0.25) is 14.9 Å². The van der Waals surface area contributed by atoms with Crippen LogP contribution in [0.5, 0.6) is 0 Å². The molecule has 0 aliphatic rings. The molecule has 0 aliphatic heterocycles. The number of rotatable bonds is 2. The van der Waals surface area contributed by atoms with E-state index >= 15 is 0 Å². The molecule has 1 aromatic carbocycles. The minimum atomic E-state index is -0.545. The zero-order valence-electron chi connectivity index (χ0n) is 9.82. The van der Waals surface area contributed by atoms with Gasteiger partial charge in [-0.1, -0.05) is 11.3 Å². The summed E-state index contributed by atoms with van der Waals surface area (Å²) in [7, 11) is 0. The Hall–Kier alpha value is -2.57. The van der Waals surface area contributed by atoms with Gasteiger partial charge in [0.25, 0.3) is 11.6 Å². The average molecular weight is 246 g/mol. The van der Waals surface area contributed by atoms with Gasteiger partial charge >= 0.3 is 0 Å². The summed E-state index contributed by atoms with van der Waals surface area (Å²) in [6.45, 7) is 3.45. The van der Waals surface area contributed by atoms with E-state index in [0.29, 0.717) is 11.4 Å². The van der Waals surface area contributed by atoms with E-state index in [1.54, 1.807) is 13.8 Å². The highest BCUT2D eigenvalue weighted by Crippen LogP contribution is 2.14. The Morgan fingerprint density at radius 1 is 1.39 bits per heavy atom. The fourth-order valence-electron chi connectivity index (χ4n) is 1.47. The van der Waals surface area contributed by atoms with E-state index in [0.717, 1.165) is 4.68 Å². The van der Waals surface area contributed by atoms with Gasteiger partial charge in [0.1, 0.15) is 0 Å². The Morgan fingerprint density at radius 2 is 2.11 bits per heavy atom. The number of aryl methyl sites for hydroxylation is 1. The Morgan fingerprint density at radius 3 is 2.67 bits per heavy atom. The molecule has 1 heterocycles. The number of hydrogen-bond donors (Lipinski definition) is 0. The summed E-state index contributed by atoms with van der Waals surface area (Å²) in [4.78, 5) is 22.2. The van der Waals surface area contributed by atoms with Crippen LogP contribution in [0.2, 0.25) is 0 Å². The fourth-order valence-corrected chi connectivity index (χ4v) is 1.47. The van der Waals surface area contributed by atoms with E-state index in [9.17, 15) is 14.9 Å². The van der Waals surface area contributed by atoms with Crippen molar-refractivity contribution in [2.24, 2.45) is 0 Å². The highest BCUT2D eigenvalue weighted by molar-refractivity contribution is 5.96. The first-order valence-electron chi connectivity index (χ1n) is 5.19. The van der Waals surface area contributed by atoms with E-state index in [4.69, 9.17) is 0 Å². The molecule has 2 rings (SSSR count). The molecule has 0 fully saturated rings. The molecule has 0 saturated carbocycles. The first kappa shape index (κ1) is 11.9. The highest BCUT2D eigenvalue weighted by Gasteiger charge is 2.16. The van der Waals surface area contributed by atoms with Crippen molar-refractivity contribution in [2.75, 3.05) is 0 Å². The minimum absolute atomic E-state index is 0.129. The molecular formula is C11H10N4O3. The SMILES string of the molecule is Cc1nnn(C(=O)c2cccc([N+](=O)[O-])c2)c1C. The lowest BCUT2D eigenvalue weighted by atomic mass is 10.2. The van der Waals surface area contributed by atoms with E-state index in [2.05, 4.69) is 10.3 Å². The third-order valence-electron chi connectivity index (χ3n) is 2.62. The predicted molar refractivity (Wildman–Crippen MR) is 62.3 cm³/mol. The number of carbonyl (C=O) groups is 1. The molecule has 0 spiro atoms. The lowest BCUT2D eigenvalue weighted by Gasteiger charge is -2.02. The number of benzene rings is 1. The highest BCUT2D eigenvalue weighted by atomic mass is 16.6. The molecule has 0 atom stereocenters. The van der Waals surface area contributed by atoms with E-state index in [1.807, 2.05) is 0 Å². The zero-order chi connectivity index (χ0) is 13.3. The van der Waals surface area contributed by atoms with Gasteiger partial charge in [0.05, 0.1) is 16.3 Å². The molecule has 2 aromatic rings. The number of aromatic nitrogens is 3. The van der Waals surface area contributed by atoms with Gasteiger partial charge in [-0.2, -0.15) is 4.68 Å². The van der Waals surface area contributed by atoms with Crippen LogP contribution in [0.15, 0.2) is 24.3 Å². The lowest BCUT2D eigenvalue weighted by Crippen LogP contribution is -2.15. The molecule has 0 amide bonds. The monoisotopic (exact) mass is 246 g/mol. The van der Waals surface area contributed by atoms with Crippen molar-refractivity contribution in [1.82, 2.24) is 15.0 Å². The van der Waals surface area contributed by atoms with Crippen molar-refractivity contribution in [3.05, 3.63) is 51.3 Å². The van der Waals surface area contributed by atoms with E-state index in [-0.39, 0.29) is 11.3 Å². The Labute approximate surface area is 102 Å². The van der Waals surface area contributed by atoms with Crippen LogP contribution in [0.25, 0.3) is 0 Å². The Balaban J connectivity index is 2.43. The fraction of sp³-hybridized carbons (Fsp3) is 0.182. The molecule has 7 nitrogen and oxygen atoms in total. The number of hydrogen-bond acceptors (Lipinski definition) is 5. The smallest absolute Gasteiger partial charge is 0.267 e. The van der Waals surface area contributed by atoms with Crippen molar-refractivity contribution in [3.63, 3.8) is 0 Å².